The molecule has 12 heteroatoms. The lowest BCUT2D eigenvalue weighted by Crippen LogP contribution is -2.38. The van der Waals surface area contributed by atoms with E-state index in [1.165, 1.54) is 0 Å². The Labute approximate surface area is 191 Å². The molecule has 1 aliphatic heterocycles. The number of nitrogens with zero attached hydrogens (tertiary/aromatic N) is 2. The van der Waals surface area contributed by atoms with Crippen LogP contribution in [0.1, 0.15) is 18.0 Å². The molecule has 0 radical (unpaired) electrons. The highest BCUT2D eigenvalue weighted by Gasteiger charge is 2.38. The van der Waals surface area contributed by atoms with Crippen molar-refractivity contribution >= 4 is 34.4 Å². The minimum Gasteiger partial charge on any atom is -0.475 e. The molecule has 2 aromatic carbocycles. The van der Waals surface area contributed by atoms with E-state index >= 15 is 0 Å². The van der Waals surface area contributed by atoms with E-state index in [0.717, 1.165) is 22.2 Å². The summed E-state index contributed by atoms with van der Waals surface area (Å²) in [5.74, 6) is -3.22. The van der Waals surface area contributed by atoms with E-state index in [1.807, 2.05) is 48.5 Å². The number of nitrogens with two attached hydrogens (primary N) is 1. The van der Waals surface area contributed by atoms with Crippen molar-refractivity contribution in [3.05, 3.63) is 60.3 Å². The molecule has 0 spiro atoms. The second-order valence-corrected chi connectivity index (χ2v) is 7.62. The molecule has 0 aliphatic carbocycles. The number of H-pyrrole nitrogens is 1. The van der Waals surface area contributed by atoms with Crippen LogP contribution < -0.4 is 11.1 Å². The Morgan fingerprint density at radius 2 is 1.85 bits per heavy atom. The van der Waals surface area contributed by atoms with E-state index in [-0.39, 0.29) is 17.7 Å². The average molecular weight is 477 g/mol. The van der Waals surface area contributed by atoms with Crippen molar-refractivity contribution in [2.24, 2.45) is 11.7 Å². The highest BCUT2D eigenvalue weighted by Crippen LogP contribution is 2.23. The quantitative estimate of drug-likeness (QED) is 0.455. The SMILES string of the molecule is N[C@H](C(=O)N1CCC(C(=O)Nc2ccc3[nH]ncc3c2)C1)c1ccccc1.O=C(O)C(F)(F)F. The maximum absolute atomic E-state index is 12.6. The topological polar surface area (TPSA) is 141 Å². The third-order valence-corrected chi connectivity index (χ3v) is 5.25. The van der Waals surface area contributed by atoms with Crippen LogP contribution in [0.25, 0.3) is 10.9 Å². The molecule has 3 aromatic rings. The van der Waals surface area contributed by atoms with Gasteiger partial charge in [0, 0.05) is 24.2 Å². The molecule has 1 saturated heterocycles. The van der Waals surface area contributed by atoms with Crippen molar-refractivity contribution in [2.75, 3.05) is 18.4 Å². The van der Waals surface area contributed by atoms with Gasteiger partial charge in [0.15, 0.2) is 0 Å². The van der Waals surface area contributed by atoms with Crippen molar-refractivity contribution in [2.45, 2.75) is 18.6 Å². The van der Waals surface area contributed by atoms with E-state index in [2.05, 4.69) is 15.5 Å². The fourth-order valence-corrected chi connectivity index (χ4v) is 3.44. The van der Waals surface area contributed by atoms with Gasteiger partial charge in [-0.1, -0.05) is 30.3 Å². The second kappa shape index (κ2) is 10.3. The first-order valence-corrected chi connectivity index (χ1v) is 10.2. The Hall–Kier alpha value is -3.93. The van der Waals surface area contributed by atoms with Crippen molar-refractivity contribution in [1.82, 2.24) is 15.1 Å². The Morgan fingerprint density at radius 1 is 1.18 bits per heavy atom. The largest absolute Gasteiger partial charge is 0.490 e. The number of nitrogens with one attached hydrogen (secondary N) is 2. The van der Waals surface area contributed by atoms with Gasteiger partial charge in [0.2, 0.25) is 11.8 Å². The number of aromatic nitrogens is 2. The summed E-state index contributed by atoms with van der Waals surface area (Å²) in [7, 11) is 0. The number of aromatic amines is 1. The van der Waals surface area contributed by atoms with Gasteiger partial charge in [-0.15, -0.1) is 0 Å². The number of carbonyl (C=O) groups excluding carboxylic acids is 2. The molecule has 1 aliphatic rings. The molecule has 0 saturated carbocycles. The van der Waals surface area contributed by atoms with Gasteiger partial charge in [-0.25, -0.2) is 4.79 Å². The summed E-state index contributed by atoms with van der Waals surface area (Å²) in [5.41, 5.74) is 8.53. The number of hydrogen-bond acceptors (Lipinski definition) is 5. The van der Waals surface area contributed by atoms with Crippen LogP contribution in [-0.4, -0.2) is 57.3 Å². The maximum atomic E-state index is 12.6. The molecule has 5 N–H and O–H groups in total. The number of fused-ring (bicyclic) bond motifs is 1. The number of anilines is 1. The first kappa shape index (κ1) is 24.7. The van der Waals surface area contributed by atoms with Crippen molar-refractivity contribution in [3.8, 4) is 0 Å². The minimum absolute atomic E-state index is 0.0820. The van der Waals surface area contributed by atoms with Gasteiger partial charge in [0.25, 0.3) is 0 Å². The van der Waals surface area contributed by atoms with Gasteiger partial charge < -0.3 is 21.1 Å². The fraction of sp³-hybridized carbons (Fsp3) is 0.273. The lowest BCUT2D eigenvalue weighted by molar-refractivity contribution is -0.192. The van der Waals surface area contributed by atoms with E-state index < -0.39 is 18.2 Å². The number of halogens is 3. The van der Waals surface area contributed by atoms with Gasteiger partial charge >= 0.3 is 12.1 Å². The van der Waals surface area contributed by atoms with E-state index in [1.54, 1.807) is 11.1 Å². The van der Waals surface area contributed by atoms with Gasteiger partial charge in [0.1, 0.15) is 6.04 Å². The zero-order valence-corrected chi connectivity index (χ0v) is 17.7. The number of carboxylic acid groups (broad SMARTS) is 1. The number of aliphatic carboxylic acids is 1. The fourth-order valence-electron chi connectivity index (χ4n) is 3.44. The third-order valence-electron chi connectivity index (χ3n) is 5.25. The molecule has 0 bridgehead atoms. The molecular formula is C22H22F3N5O4. The minimum atomic E-state index is -5.08. The highest BCUT2D eigenvalue weighted by atomic mass is 19.4. The zero-order valence-electron chi connectivity index (χ0n) is 17.7. The Bertz CT molecular complexity index is 1170. The Morgan fingerprint density at radius 3 is 2.50 bits per heavy atom. The standard InChI is InChI=1S/C20H21N5O2.C2HF3O2/c21-18(13-4-2-1-3-5-13)20(27)25-9-8-14(12-25)19(26)23-16-6-7-17-15(10-16)11-22-24-17;3-2(4,5)1(6)7/h1-7,10-11,14,18H,8-9,12,21H2,(H,22,24)(H,23,26);(H,6,7)/t14?,18-;/m0./s1. The van der Waals surface area contributed by atoms with Crippen LogP contribution in [0.3, 0.4) is 0 Å². The summed E-state index contributed by atoms with van der Waals surface area (Å²) in [4.78, 5) is 35.8. The summed E-state index contributed by atoms with van der Waals surface area (Å²) in [5, 5.41) is 17.9. The van der Waals surface area contributed by atoms with Gasteiger partial charge in [-0.3, -0.25) is 14.7 Å². The molecule has 180 valence electrons. The molecule has 1 unspecified atom stereocenters. The summed E-state index contributed by atoms with van der Waals surface area (Å²) in [6.45, 7) is 0.928. The number of amides is 2. The Kier molecular flexibility index (Phi) is 7.51. The first-order chi connectivity index (χ1) is 16.1. The molecule has 2 amide bonds. The predicted molar refractivity (Wildman–Crippen MR) is 116 cm³/mol. The monoisotopic (exact) mass is 477 g/mol. The summed E-state index contributed by atoms with van der Waals surface area (Å²) >= 11 is 0. The summed E-state index contributed by atoms with van der Waals surface area (Å²) < 4.78 is 31.7. The van der Waals surface area contributed by atoms with Gasteiger partial charge in [0.05, 0.1) is 17.6 Å². The number of benzene rings is 2. The molecule has 2 heterocycles. The molecule has 1 aromatic heterocycles. The van der Waals surface area contributed by atoms with Crippen molar-refractivity contribution < 1.29 is 32.7 Å². The van der Waals surface area contributed by atoms with Crippen LogP contribution in [0.15, 0.2) is 54.7 Å². The lowest BCUT2D eigenvalue weighted by atomic mass is 10.1. The molecule has 34 heavy (non-hydrogen) atoms. The normalized spacial score (nSPS) is 16.5. The number of hydrogen-bond donors (Lipinski definition) is 4. The second-order valence-electron chi connectivity index (χ2n) is 7.62. The molecule has 9 nitrogen and oxygen atoms in total. The van der Waals surface area contributed by atoms with Crippen LogP contribution in [0.2, 0.25) is 0 Å². The average Bonchev–Trinajstić information content (AvgIpc) is 3.48. The smallest absolute Gasteiger partial charge is 0.475 e. The summed E-state index contributed by atoms with van der Waals surface area (Å²) in [6, 6.07) is 14.2. The maximum Gasteiger partial charge on any atom is 0.490 e. The van der Waals surface area contributed by atoms with Crippen molar-refractivity contribution in [3.63, 3.8) is 0 Å². The predicted octanol–water partition coefficient (Wildman–Crippen LogP) is 2.68. The van der Waals surface area contributed by atoms with Gasteiger partial charge in [-0.05, 0) is 30.2 Å². The Balaban J connectivity index is 0.000000406. The van der Waals surface area contributed by atoms with Crippen molar-refractivity contribution in [1.29, 1.82) is 0 Å². The first-order valence-electron chi connectivity index (χ1n) is 10.2. The van der Waals surface area contributed by atoms with E-state index in [9.17, 15) is 22.8 Å². The number of carboxylic acids is 1. The van der Waals surface area contributed by atoms with Crippen LogP contribution in [0.5, 0.6) is 0 Å². The van der Waals surface area contributed by atoms with E-state index in [4.69, 9.17) is 15.6 Å². The molecule has 1 fully saturated rings. The van der Waals surface area contributed by atoms with Crippen LogP contribution in [-0.2, 0) is 14.4 Å². The van der Waals surface area contributed by atoms with Crippen LogP contribution in [0.4, 0.5) is 18.9 Å². The number of alkyl halides is 3. The van der Waals surface area contributed by atoms with E-state index in [0.29, 0.717) is 19.5 Å². The van der Waals surface area contributed by atoms with Crippen LogP contribution in [0, 0.1) is 5.92 Å². The third kappa shape index (κ3) is 6.10. The molecular weight excluding hydrogens is 455 g/mol. The number of likely N-dealkylation sites (tertiary alicyclic amines) is 1. The number of carbonyl (C=O) groups is 3. The lowest BCUT2D eigenvalue weighted by Gasteiger charge is -2.21. The van der Waals surface area contributed by atoms with Crippen LogP contribution >= 0.6 is 0 Å². The van der Waals surface area contributed by atoms with Gasteiger partial charge in [-0.2, -0.15) is 18.3 Å². The molecule has 2 atom stereocenters. The summed E-state index contributed by atoms with van der Waals surface area (Å²) in [6.07, 6.45) is -2.74. The number of rotatable bonds is 4. The highest BCUT2D eigenvalue weighted by molar-refractivity contribution is 5.95. The zero-order chi connectivity index (χ0) is 24.9. The molecule has 4 rings (SSSR count).